The molecule has 1 rings (SSSR count). The quantitative estimate of drug-likeness (QED) is 0.879. The van der Waals surface area contributed by atoms with E-state index in [1.807, 2.05) is 27.7 Å². The van der Waals surface area contributed by atoms with Crippen molar-refractivity contribution in [3.8, 4) is 0 Å². The molecule has 0 aliphatic heterocycles. The van der Waals surface area contributed by atoms with Crippen molar-refractivity contribution in [2.75, 3.05) is 0 Å². The fourth-order valence-corrected chi connectivity index (χ4v) is 2.49. The Morgan fingerprint density at radius 3 is 2.22 bits per heavy atom. The molecular weight excluding hydrogens is 231 g/mol. The van der Waals surface area contributed by atoms with Crippen molar-refractivity contribution in [3.05, 3.63) is 34.1 Å². The van der Waals surface area contributed by atoms with Crippen molar-refractivity contribution in [2.45, 2.75) is 52.9 Å². The van der Waals surface area contributed by atoms with Crippen LogP contribution in [0.5, 0.6) is 0 Å². The highest BCUT2D eigenvalue weighted by Crippen LogP contribution is 2.32. The molecule has 0 atom stereocenters. The lowest BCUT2D eigenvalue weighted by atomic mass is 9.84. The van der Waals surface area contributed by atoms with Gasteiger partial charge in [-0.25, -0.2) is 4.39 Å². The van der Waals surface area contributed by atoms with Gasteiger partial charge in [-0.15, -0.1) is 0 Å². The minimum atomic E-state index is -0.871. The molecule has 0 spiro atoms. The molecule has 0 radical (unpaired) electrons. The molecule has 3 heteroatoms. The standard InChI is InChI=1S/C15H21FO2/c1-8(2)11-6-13(16)10(5)15(9(3)4)12(11)7-14(17)18/h6,8-9H,7H2,1-5H3,(H,17,18). The lowest BCUT2D eigenvalue weighted by Crippen LogP contribution is -2.12. The van der Waals surface area contributed by atoms with E-state index < -0.39 is 5.97 Å². The first-order chi connectivity index (χ1) is 8.25. The van der Waals surface area contributed by atoms with Gasteiger partial charge in [-0.2, -0.15) is 0 Å². The molecule has 0 amide bonds. The third-order valence-electron chi connectivity index (χ3n) is 3.25. The van der Waals surface area contributed by atoms with Crippen LogP contribution in [0.1, 0.15) is 61.8 Å². The number of halogens is 1. The van der Waals surface area contributed by atoms with Gasteiger partial charge in [-0.3, -0.25) is 4.79 Å². The van der Waals surface area contributed by atoms with E-state index in [-0.39, 0.29) is 24.1 Å². The highest BCUT2D eigenvalue weighted by atomic mass is 19.1. The predicted octanol–water partition coefficient (Wildman–Crippen LogP) is 4.01. The molecule has 0 aliphatic rings. The van der Waals surface area contributed by atoms with Gasteiger partial charge in [-0.1, -0.05) is 27.7 Å². The SMILES string of the molecule is Cc1c(F)cc(C(C)C)c(CC(=O)O)c1C(C)C. The van der Waals surface area contributed by atoms with Gasteiger partial charge in [0.2, 0.25) is 0 Å². The number of rotatable bonds is 4. The Balaban J connectivity index is 3.57. The van der Waals surface area contributed by atoms with Crippen molar-refractivity contribution in [3.63, 3.8) is 0 Å². The van der Waals surface area contributed by atoms with Crippen LogP contribution in [-0.2, 0) is 11.2 Å². The Labute approximate surface area is 108 Å². The van der Waals surface area contributed by atoms with Crippen molar-refractivity contribution in [2.24, 2.45) is 0 Å². The molecule has 2 nitrogen and oxygen atoms in total. The molecule has 0 heterocycles. The van der Waals surface area contributed by atoms with E-state index in [1.54, 1.807) is 6.92 Å². The van der Waals surface area contributed by atoms with Crippen LogP contribution in [0.25, 0.3) is 0 Å². The Hall–Kier alpha value is -1.38. The van der Waals surface area contributed by atoms with Crippen LogP contribution < -0.4 is 0 Å². The normalized spacial score (nSPS) is 11.3. The first-order valence-corrected chi connectivity index (χ1v) is 6.29. The summed E-state index contributed by atoms with van der Waals surface area (Å²) < 4.78 is 13.9. The monoisotopic (exact) mass is 252 g/mol. The Kier molecular flexibility index (Phi) is 4.49. The van der Waals surface area contributed by atoms with E-state index in [4.69, 9.17) is 5.11 Å². The average molecular weight is 252 g/mol. The maximum absolute atomic E-state index is 13.9. The topological polar surface area (TPSA) is 37.3 Å². The number of aliphatic carboxylic acids is 1. The molecular formula is C15H21FO2. The number of carboxylic acids is 1. The average Bonchev–Trinajstić information content (AvgIpc) is 2.21. The maximum Gasteiger partial charge on any atom is 0.307 e. The first kappa shape index (κ1) is 14.7. The van der Waals surface area contributed by atoms with Gasteiger partial charge in [0.05, 0.1) is 6.42 Å². The van der Waals surface area contributed by atoms with E-state index in [1.165, 1.54) is 6.07 Å². The molecule has 100 valence electrons. The zero-order chi connectivity index (χ0) is 14.0. The van der Waals surface area contributed by atoms with Gasteiger partial charge in [-0.05, 0) is 47.1 Å². The summed E-state index contributed by atoms with van der Waals surface area (Å²) in [6, 6.07) is 1.49. The van der Waals surface area contributed by atoms with Gasteiger partial charge < -0.3 is 5.11 Å². The summed E-state index contributed by atoms with van der Waals surface area (Å²) in [5, 5.41) is 9.05. The van der Waals surface area contributed by atoms with Gasteiger partial charge in [0, 0.05) is 0 Å². The number of benzene rings is 1. The number of hydrogen-bond acceptors (Lipinski definition) is 1. The van der Waals surface area contributed by atoms with E-state index in [0.717, 1.165) is 16.7 Å². The number of hydrogen-bond donors (Lipinski definition) is 1. The summed E-state index contributed by atoms with van der Waals surface area (Å²) in [7, 11) is 0. The van der Waals surface area contributed by atoms with Gasteiger partial charge in [0.25, 0.3) is 0 Å². The third kappa shape index (κ3) is 2.89. The summed E-state index contributed by atoms with van der Waals surface area (Å²) in [4.78, 5) is 11.0. The zero-order valence-corrected chi connectivity index (χ0v) is 11.7. The predicted molar refractivity (Wildman–Crippen MR) is 70.7 cm³/mol. The molecule has 1 aromatic rings. The van der Waals surface area contributed by atoms with Crippen LogP contribution in [-0.4, -0.2) is 11.1 Å². The minimum absolute atomic E-state index is 0.0395. The van der Waals surface area contributed by atoms with Crippen molar-refractivity contribution in [1.29, 1.82) is 0 Å². The molecule has 0 bridgehead atoms. The summed E-state index contributed by atoms with van der Waals surface area (Å²) in [6.45, 7) is 9.58. The number of carbonyl (C=O) groups is 1. The zero-order valence-electron chi connectivity index (χ0n) is 11.7. The van der Waals surface area contributed by atoms with Crippen molar-refractivity contribution in [1.82, 2.24) is 0 Å². The molecule has 0 aromatic heterocycles. The lowest BCUT2D eigenvalue weighted by Gasteiger charge is -2.21. The van der Waals surface area contributed by atoms with E-state index >= 15 is 0 Å². The van der Waals surface area contributed by atoms with E-state index in [0.29, 0.717) is 5.56 Å². The number of carboxylic acid groups (broad SMARTS) is 1. The lowest BCUT2D eigenvalue weighted by molar-refractivity contribution is -0.136. The molecule has 1 aromatic carbocycles. The van der Waals surface area contributed by atoms with Crippen LogP contribution in [0.3, 0.4) is 0 Å². The highest BCUT2D eigenvalue weighted by Gasteiger charge is 2.21. The summed E-state index contributed by atoms with van der Waals surface area (Å²) in [6.07, 6.45) is -0.0395. The Morgan fingerprint density at radius 1 is 1.28 bits per heavy atom. The van der Waals surface area contributed by atoms with Gasteiger partial charge >= 0.3 is 5.97 Å². The first-order valence-electron chi connectivity index (χ1n) is 6.29. The Bertz CT molecular complexity index is 462. The molecule has 1 N–H and O–H groups in total. The van der Waals surface area contributed by atoms with E-state index in [9.17, 15) is 9.18 Å². The summed E-state index contributed by atoms with van der Waals surface area (Å²) >= 11 is 0. The largest absolute Gasteiger partial charge is 0.481 e. The molecule has 0 saturated heterocycles. The van der Waals surface area contributed by atoms with Crippen LogP contribution in [0.15, 0.2) is 6.07 Å². The van der Waals surface area contributed by atoms with Crippen LogP contribution in [0.4, 0.5) is 4.39 Å². The molecule has 0 aliphatic carbocycles. The highest BCUT2D eigenvalue weighted by molar-refractivity contribution is 5.72. The fourth-order valence-electron chi connectivity index (χ4n) is 2.49. The second kappa shape index (κ2) is 5.51. The molecule has 18 heavy (non-hydrogen) atoms. The van der Waals surface area contributed by atoms with Crippen LogP contribution in [0, 0.1) is 12.7 Å². The van der Waals surface area contributed by atoms with Crippen molar-refractivity contribution < 1.29 is 14.3 Å². The smallest absolute Gasteiger partial charge is 0.307 e. The van der Waals surface area contributed by atoms with Gasteiger partial charge in [0.15, 0.2) is 0 Å². The second-order valence-corrected chi connectivity index (χ2v) is 5.34. The van der Waals surface area contributed by atoms with Crippen LogP contribution >= 0.6 is 0 Å². The Morgan fingerprint density at radius 2 is 1.83 bits per heavy atom. The minimum Gasteiger partial charge on any atom is -0.481 e. The third-order valence-corrected chi connectivity index (χ3v) is 3.25. The van der Waals surface area contributed by atoms with Crippen LogP contribution in [0.2, 0.25) is 0 Å². The summed E-state index contributed by atoms with van der Waals surface area (Å²) in [5.74, 6) is -0.874. The molecule has 0 fully saturated rings. The second-order valence-electron chi connectivity index (χ2n) is 5.34. The fraction of sp³-hybridized carbons (Fsp3) is 0.533. The molecule has 0 unspecified atom stereocenters. The maximum atomic E-state index is 13.9. The summed E-state index contributed by atoms with van der Waals surface area (Å²) in [5.41, 5.74) is 3.02. The van der Waals surface area contributed by atoms with E-state index in [2.05, 4.69) is 0 Å². The van der Waals surface area contributed by atoms with Gasteiger partial charge in [0.1, 0.15) is 5.82 Å². The molecule has 0 saturated carbocycles. The van der Waals surface area contributed by atoms with Crippen molar-refractivity contribution >= 4 is 5.97 Å².